The third-order valence-electron chi connectivity index (χ3n) is 4.35. The van der Waals surface area contributed by atoms with Gasteiger partial charge in [-0.25, -0.2) is 13.1 Å². The summed E-state index contributed by atoms with van der Waals surface area (Å²) in [6, 6.07) is 7.06. The molecule has 0 amide bonds. The number of hydrogen-bond acceptors (Lipinski definition) is 4. The average Bonchev–Trinajstić information content (AvgIpc) is 2.77. The predicted octanol–water partition coefficient (Wildman–Crippen LogP) is 1.87. The molecule has 2 saturated heterocycles. The van der Waals surface area contributed by atoms with Gasteiger partial charge in [-0.05, 0) is 44.7 Å². The highest BCUT2D eigenvalue weighted by Crippen LogP contribution is 2.27. The number of nitrogens with one attached hydrogen (secondary N) is 2. The lowest BCUT2D eigenvalue weighted by atomic mass is 10.0. The number of sulfonamides is 1. The summed E-state index contributed by atoms with van der Waals surface area (Å²) in [5.74, 6) is -0.132. The van der Waals surface area contributed by atoms with E-state index in [2.05, 4.69) is 10.0 Å². The topological polar surface area (TPSA) is 75.3 Å². The molecule has 0 spiro atoms. The fourth-order valence-electron chi connectivity index (χ4n) is 3.32. The molecule has 7 heteroatoms. The summed E-state index contributed by atoms with van der Waals surface area (Å²) >= 11 is 0. The molecule has 2 aliphatic rings. The van der Waals surface area contributed by atoms with Gasteiger partial charge in [0.2, 0.25) is 10.0 Å². The molecular formula is C15H21ClN2O3S. The van der Waals surface area contributed by atoms with Gasteiger partial charge in [-0.2, -0.15) is 0 Å². The van der Waals surface area contributed by atoms with Crippen molar-refractivity contribution in [3.05, 3.63) is 29.8 Å². The quantitative estimate of drug-likeness (QED) is 0.818. The fourth-order valence-corrected chi connectivity index (χ4v) is 4.63. The van der Waals surface area contributed by atoms with Crippen LogP contribution < -0.4 is 10.0 Å². The van der Waals surface area contributed by atoms with Crippen LogP contribution in [0.1, 0.15) is 43.0 Å². The van der Waals surface area contributed by atoms with E-state index >= 15 is 0 Å². The van der Waals surface area contributed by atoms with Crippen LogP contribution in [0, 0.1) is 0 Å². The van der Waals surface area contributed by atoms with Crippen molar-refractivity contribution in [3.63, 3.8) is 0 Å². The minimum atomic E-state index is -3.56. The number of hydrogen-bond donors (Lipinski definition) is 2. The number of carbonyl (C=O) groups excluding carboxylic acids is 1. The molecule has 2 unspecified atom stereocenters. The van der Waals surface area contributed by atoms with Crippen LogP contribution in [0.5, 0.6) is 0 Å². The number of halogens is 1. The van der Waals surface area contributed by atoms with Crippen LogP contribution >= 0.6 is 12.4 Å². The van der Waals surface area contributed by atoms with Gasteiger partial charge in [-0.1, -0.05) is 12.1 Å². The van der Waals surface area contributed by atoms with Crippen LogP contribution in [0.2, 0.25) is 0 Å². The molecular weight excluding hydrogens is 324 g/mol. The zero-order valence-corrected chi connectivity index (χ0v) is 14.0. The summed E-state index contributed by atoms with van der Waals surface area (Å²) in [6.45, 7) is 1.43. The SMILES string of the molecule is CC(=O)c1cccc(S(=O)(=O)NC2CC3CCC(C2)N3)c1.Cl. The normalized spacial score (nSPS) is 27.2. The van der Waals surface area contributed by atoms with Gasteiger partial charge in [-0.15, -0.1) is 12.4 Å². The molecule has 5 nitrogen and oxygen atoms in total. The van der Waals surface area contributed by atoms with Crippen molar-refractivity contribution in [2.75, 3.05) is 0 Å². The number of Topliss-reactive ketones (excluding diaryl/α,β-unsaturated/α-hetero) is 1. The molecule has 2 aliphatic heterocycles. The maximum atomic E-state index is 12.5. The zero-order valence-electron chi connectivity index (χ0n) is 12.4. The molecule has 3 rings (SSSR count). The van der Waals surface area contributed by atoms with Crippen molar-refractivity contribution in [1.82, 2.24) is 10.0 Å². The van der Waals surface area contributed by atoms with Crippen LogP contribution in [0.15, 0.2) is 29.2 Å². The molecule has 0 aliphatic carbocycles. The van der Waals surface area contributed by atoms with Crippen LogP contribution in [-0.4, -0.2) is 32.3 Å². The van der Waals surface area contributed by atoms with Crippen molar-refractivity contribution in [2.24, 2.45) is 0 Å². The summed E-state index contributed by atoms with van der Waals surface area (Å²) in [5.41, 5.74) is 0.420. The van der Waals surface area contributed by atoms with Gasteiger partial charge in [0.25, 0.3) is 0 Å². The highest BCUT2D eigenvalue weighted by molar-refractivity contribution is 7.89. The lowest BCUT2D eigenvalue weighted by molar-refractivity contribution is 0.101. The van der Waals surface area contributed by atoms with Crippen molar-refractivity contribution in [2.45, 2.75) is 55.6 Å². The molecule has 0 aromatic heterocycles. The Morgan fingerprint density at radius 2 is 1.86 bits per heavy atom. The predicted molar refractivity (Wildman–Crippen MR) is 87.0 cm³/mol. The molecule has 1 aromatic carbocycles. The summed E-state index contributed by atoms with van der Waals surface area (Å²) < 4.78 is 27.7. The van der Waals surface area contributed by atoms with Crippen molar-refractivity contribution < 1.29 is 13.2 Å². The minimum Gasteiger partial charge on any atom is -0.311 e. The van der Waals surface area contributed by atoms with E-state index in [0.29, 0.717) is 17.6 Å². The summed E-state index contributed by atoms with van der Waals surface area (Å²) in [5, 5.41) is 3.49. The van der Waals surface area contributed by atoms with Crippen LogP contribution in [0.25, 0.3) is 0 Å². The van der Waals surface area contributed by atoms with Gasteiger partial charge in [0.1, 0.15) is 0 Å². The van der Waals surface area contributed by atoms with Crippen LogP contribution in [-0.2, 0) is 10.0 Å². The van der Waals surface area contributed by atoms with E-state index in [9.17, 15) is 13.2 Å². The second-order valence-electron chi connectivity index (χ2n) is 6.01. The molecule has 22 heavy (non-hydrogen) atoms. The fraction of sp³-hybridized carbons (Fsp3) is 0.533. The Kier molecular flexibility index (Phi) is 5.27. The van der Waals surface area contributed by atoms with Crippen molar-refractivity contribution >= 4 is 28.2 Å². The molecule has 2 N–H and O–H groups in total. The number of benzene rings is 1. The molecule has 1 aromatic rings. The molecule has 2 fully saturated rings. The minimum absolute atomic E-state index is 0. The van der Waals surface area contributed by atoms with Crippen molar-refractivity contribution in [1.29, 1.82) is 0 Å². The largest absolute Gasteiger partial charge is 0.311 e. The molecule has 2 heterocycles. The van der Waals surface area contributed by atoms with Gasteiger partial charge < -0.3 is 5.32 Å². The van der Waals surface area contributed by atoms with E-state index in [1.54, 1.807) is 12.1 Å². The van der Waals surface area contributed by atoms with Gasteiger partial charge in [0.15, 0.2) is 5.78 Å². The monoisotopic (exact) mass is 344 g/mol. The maximum Gasteiger partial charge on any atom is 0.240 e. The Morgan fingerprint density at radius 1 is 1.23 bits per heavy atom. The number of piperidine rings is 1. The second-order valence-corrected chi connectivity index (χ2v) is 7.73. The Hall–Kier alpha value is -0.950. The summed E-state index contributed by atoms with van der Waals surface area (Å²) in [4.78, 5) is 11.6. The second kappa shape index (κ2) is 6.66. The summed E-state index contributed by atoms with van der Waals surface area (Å²) in [7, 11) is -3.56. The molecule has 2 bridgehead atoms. The van der Waals surface area contributed by atoms with E-state index in [4.69, 9.17) is 0 Å². The lowest BCUT2D eigenvalue weighted by Crippen LogP contribution is -2.47. The Balaban J connectivity index is 0.00000176. The Labute approximate surface area is 137 Å². The number of carbonyl (C=O) groups is 1. The number of rotatable bonds is 4. The third kappa shape index (κ3) is 3.68. The molecule has 0 saturated carbocycles. The highest BCUT2D eigenvalue weighted by atomic mass is 35.5. The molecule has 0 radical (unpaired) electrons. The first-order valence-corrected chi connectivity index (χ1v) is 8.82. The number of fused-ring (bicyclic) bond motifs is 2. The molecule has 122 valence electrons. The first-order chi connectivity index (χ1) is 9.94. The van der Waals surface area contributed by atoms with Gasteiger partial charge in [-0.3, -0.25) is 4.79 Å². The third-order valence-corrected chi connectivity index (χ3v) is 5.86. The Morgan fingerprint density at radius 3 is 2.45 bits per heavy atom. The lowest BCUT2D eigenvalue weighted by Gasteiger charge is -2.29. The average molecular weight is 345 g/mol. The van der Waals surface area contributed by atoms with E-state index in [0.717, 1.165) is 25.7 Å². The summed E-state index contributed by atoms with van der Waals surface area (Å²) in [6.07, 6.45) is 3.93. The first-order valence-electron chi connectivity index (χ1n) is 7.33. The van der Waals surface area contributed by atoms with Gasteiger partial charge >= 0.3 is 0 Å². The van der Waals surface area contributed by atoms with Gasteiger partial charge in [0, 0.05) is 23.7 Å². The standard InChI is InChI=1S/C15H20N2O3S.ClH/c1-10(18)11-3-2-4-15(7-11)21(19,20)17-14-8-12-5-6-13(9-14)16-12;/h2-4,7,12-14,16-17H,5-6,8-9H2,1H3;1H. The highest BCUT2D eigenvalue weighted by Gasteiger charge is 2.35. The number of ketones is 1. The van der Waals surface area contributed by atoms with Crippen LogP contribution in [0.3, 0.4) is 0 Å². The molecule has 2 atom stereocenters. The van der Waals surface area contributed by atoms with E-state index in [1.807, 2.05) is 0 Å². The van der Waals surface area contributed by atoms with Crippen molar-refractivity contribution in [3.8, 4) is 0 Å². The van der Waals surface area contributed by atoms with E-state index in [1.165, 1.54) is 19.1 Å². The van der Waals surface area contributed by atoms with E-state index < -0.39 is 10.0 Å². The maximum absolute atomic E-state index is 12.5. The van der Waals surface area contributed by atoms with Crippen LogP contribution in [0.4, 0.5) is 0 Å². The van der Waals surface area contributed by atoms with E-state index in [-0.39, 0.29) is 29.1 Å². The zero-order chi connectivity index (χ0) is 15.0. The smallest absolute Gasteiger partial charge is 0.240 e. The Bertz CT molecular complexity index is 651. The van der Waals surface area contributed by atoms with Gasteiger partial charge in [0.05, 0.1) is 4.90 Å². The first kappa shape index (κ1) is 17.4.